The molecule has 3 nitrogen and oxygen atoms in total. The molecule has 1 saturated carbocycles. The summed E-state index contributed by atoms with van der Waals surface area (Å²) >= 11 is 7.11. The largest absolute Gasteiger partial charge is 0.389 e. The van der Waals surface area contributed by atoms with Crippen molar-refractivity contribution in [3.05, 3.63) is 22.9 Å². The Morgan fingerprint density at radius 3 is 2.79 bits per heavy atom. The van der Waals surface area contributed by atoms with Crippen LogP contribution in [-0.2, 0) is 0 Å². The summed E-state index contributed by atoms with van der Waals surface area (Å²) < 4.78 is 0. The second kappa shape index (κ2) is 6.09. The Morgan fingerprint density at radius 2 is 2.21 bits per heavy atom. The molecule has 3 N–H and O–H groups in total. The molecule has 2 atom stereocenters. The zero-order valence-electron chi connectivity index (χ0n) is 11.7. The van der Waals surface area contributed by atoms with Gasteiger partial charge in [-0.2, -0.15) is 11.8 Å². The van der Waals surface area contributed by atoms with E-state index in [4.69, 9.17) is 18.0 Å². The van der Waals surface area contributed by atoms with Gasteiger partial charge >= 0.3 is 0 Å². The molecular weight excluding hydrogens is 274 g/mol. The van der Waals surface area contributed by atoms with Crippen LogP contribution in [0, 0.1) is 13.8 Å². The summed E-state index contributed by atoms with van der Waals surface area (Å²) in [7, 11) is 0. The molecule has 0 spiro atoms. The standard InChI is InChI=1S/C14H21N3S2/c1-8-6-9(2)16-14(12(8)13(15)18)17-10-4-5-11(7-10)19-3/h6,10-11H,4-5,7H2,1-3H3,(H2,15,18)(H,16,17). The van der Waals surface area contributed by atoms with Crippen molar-refractivity contribution in [2.45, 2.75) is 44.4 Å². The van der Waals surface area contributed by atoms with Crippen molar-refractivity contribution < 1.29 is 0 Å². The van der Waals surface area contributed by atoms with Gasteiger partial charge in [0.15, 0.2) is 0 Å². The van der Waals surface area contributed by atoms with E-state index >= 15 is 0 Å². The van der Waals surface area contributed by atoms with Crippen molar-refractivity contribution in [3.63, 3.8) is 0 Å². The topological polar surface area (TPSA) is 50.9 Å². The number of aryl methyl sites for hydroxylation is 2. The van der Waals surface area contributed by atoms with Gasteiger partial charge in [-0.05, 0) is 51.0 Å². The summed E-state index contributed by atoms with van der Waals surface area (Å²) in [6, 6.07) is 2.51. The van der Waals surface area contributed by atoms with E-state index in [1.807, 2.05) is 31.7 Å². The Morgan fingerprint density at radius 1 is 1.47 bits per heavy atom. The number of pyridine rings is 1. The SMILES string of the molecule is CSC1CCC(Nc2nc(C)cc(C)c2C(N)=S)C1. The van der Waals surface area contributed by atoms with E-state index in [1.165, 1.54) is 19.3 Å². The number of aromatic nitrogens is 1. The zero-order valence-corrected chi connectivity index (χ0v) is 13.3. The van der Waals surface area contributed by atoms with Gasteiger partial charge in [-0.3, -0.25) is 0 Å². The van der Waals surface area contributed by atoms with Gasteiger partial charge in [0.25, 0.3) is 0 Å². The average molecular weight is 295 g/mol. The lowest BCUT2D eigenvalue weighted by molar-refractivity contribution is 0.751. The maximum Gasteiger partial charge on any atom is 0.136 e. The van der Waals surface area contributed by atoms with Gasteiger partial charge in [-0.1, -0.05) is 12.2 Å². The van der Waals surface area contributed by atoms with Crippen molar-refractivity contribution >= 4 is 34.8 Å². The lowest BCUT2D eigenvalue weighted by Gasteiger charge is -2.18. The van der Waals surface area contributed by atoms with Crippen LogP contribution in [0.3, 0.4) is 0 Å². The minimum atomic E-state index is 0.423. The number of hydrogen-bond donors (Lipinski definition) is 2. The molecule has 2 unspecified atom stereocenters. The molecule has 1 aromatic rings. The van der Waals surface area contributed by atoms with E-state index in [-0.39, 0.29) is 0 Å². The fourth-order valence-corrected chi connectivity index (χ4v) is 3.79. The molecule has 2 rings (SSSR count). The quantitative estimate of drug-likeness (QED) is 0.836. The van der Waals surface area contributed by atoms with Crippen molar-refractivity contribution in [2.75, 3.05) is 11.6 Å². The number of rotatable bonds is 4. The maximum atomic E-state index is 5.84. The first kappa shape index (κ1) is 14.6. The highest BCUT2D eigenvalue weighted by atomic mass is 32.2. The highest BCUT2D eigenvalue weighted by Crippen LogP contribution is 2.31. The third-order valence-corrected chi connectivity index (χ3v) is 4.95. The summed E-state index contributed by atoms with van der Waals surface area (Å²) in [5, 5.41) is 4.31. The first-order valence-corrected chi connectivity index (χ1v) is 8.28. The molecule has 0 aromatic carbocycles. The molecule has 0 bridgehead atoms. The van der Waals surface area contributed by atoms with Crippen molar-refractivity contribution in [3.8, 4) is 0 Å². The number of nitrogens with two attached hydrogens (primary N) is 1. The molecule has 1 fully saturated rings. The molecule has 1 aromatic heterocycles. The van der Waals surface area contributed by atoms with Gasteiger partial charge in [0.05, 0.1) is 5.56 Å². The smallest absolute Gasteiger partial charge is 0.136 e. The fraction of sp³-hybridized carbons (Fsp3) is 0.571. The van der Waals surface area contributed by atoms with Gasteiger partial charge in [0.2, 0.25) is 0 Å². The minimum Gasteiger partial charge on any atom is -0.389 e. The molecule has 19 heavy (non-hydrogen) atoms. The predicted octanol–water partition coefficient (Wildman–Crippen LogP) is 3.03. The molecular formula is C14H21N3S2. The Bertz CT molecular complexity index is 488. The minimum absolute atomic E-state index is 0.423. The lowest BCUT2D eigenvalue weighted by Crippen LogP contribution is -2.22. The average Bonchev–Trinajstić information content (AvgIpc) is 2.75. The van der Waals surface area contributed by atoms with Gasteiger partial charge in [0.1, 0.15) is 10.8 Å². The van der Waals surface area contributed by atoms with Crippen molar-refractivity contribution in [2.24, 2.45) is 5.73 Å². The fourth-order valence-electron chi connectivity index (χ4n) is 2.73. The van der Waals surface area contributed by atoms with Crippen LogP contribution in [0.15, 0.2) is 6.07 Å². The highest BCUT2D eigenvalue weighted by molar-refractivity contribution is 7.99. The van der Waals surface area contributed by atoms with E-state index < -0.39 is 0 Å². The van der Waals surface area contributed by atoms with Crippen molar-refractivity contribution in [1.29, 1.82) is 0 Å². The molecule has 104 valence electrons. The van der Waals surface area contributed by atoms with Crippen LogP contribution in [0.5, 0.6) is 0 Å². The Kier molecular flexibility index (Phi) is 4.68. The van der Waals surface area contributed by atoms with Gasteiger partial charge in [-0.25, -0.2) is 4.98 Å². The van der Waals surface area contributed by atoms with Crippen LogP contribution in [-0.4, -0.2) is 27.5 Å². The Balaban J connectivity index is 2.22. The summed E-state index contributed by atoms with van der Waals surface area (Å²) in [4.78, 5) is 5.01. The molecule has 0 aliphatic heterocycles. The number of nitrogens with zero attached hydrogens (tertiary/aromatic N) is 1. The van der Waals surface area contributed by atoms with E-state index in [0.29, 0.717) is 11.0 Å². The normalized spacial score (nSPS) is 22.5. The monoisotopic (exact) mass is 295 g/mol. The third-order valence-electron chi connectivity index (χ3n) is 3.65. The first-order valence-electron chi connectivity index (χ1n) is 6.58. The number of thioether (sulfide) groups is 1. The molecule has 1 heterocycles. The first-order chi connectivity index (χ1) is 9.01. The third kappa shape index (κ3) is 3.39. The number of nitrogens with one attached hydrogen (secondary N) is 1. The van der Waals surface area contributed by atoms with Crippen LogP contribution >= 0.6 is 24.0 Å². The summed E-state index contributed by atoms with van der Waals surface area (Å²) in [5.41, 5.74) is 8.84. The molecule has 1 aliphatic rings. The van der Waals surface area contributed by atoms with Gasteiger partial charge in [-0.15, -0.1) is 0 Å². The van der Waals surface area contributed by atoms with Gasteiger partial charge < -0.3 is 11.1 Å². The highest BCUT2D eigenvalue weighted by Gasteiger charge is 2.25. The van der Waals surface area contributed by atoms with E-state index in [9.17, 15) is 0 Å². The summed E-state index contributed by atoms with van der Waals surface area (Å²) in [5.74, 6) is 0.858. The molecule has 0 amide bonds. The maximum absolute atomic E-state index is 5.84. The lowest BCUT2D eigenvalue weighted by atomic mass is 10.1. The van der Waals surface area contributed by atoms with Crippen molar-refractivity contribution in [1.82, 2.24) is 4.98 Å². The van der Waals surface area contributed by atoms with E-state index in [0.717, 1.165) is 27.9 Å². The van der Waals surface area contributed by atoms with E-state index in [2.05, 4.69) is 16.6 Å². The van der Waals surface area contributed by atoms with Crippen LogP contribution in [0.25, 0.3) is 0 Å². The second-order valence-corrected chi connectivity index (χ2v) is 6.76. The van der Waals surface area contributed by atoms with E-state index in [1.54, 1.807) is 0 Å². The second-order valence-electron chi connectivity index (χ2n) is 5.18. The van der Waals surface area contributed by atoms with Crippen LogP contribution < -0.4 is 11.1 Å². The number of hydrogen-bond acceptors (Lipinski definition) is 4. The van der Waals surface area contributed by atoms with Crippen LogP contribution in [0.1, 0.15) is 36.1 Å². The zero-order chi connectivity index (χ0) is 14.0. The van der Waals surface area contributed by atoms with Crippen LogP contribution in [0.2, 0.25) is 0 Å². The predicted molar refractivity (Wildman–Crippen MR) is 88.2 cm³/mol. The Hall–Kier alpha value is -0.810. The molecule has 5 heteroatoms. The number of anilines is 1. The molecule has 0 radical (unpaired) electrons. The summed E-state index contributed by atoms with van der Waals surface area (Å²) in [6.45, 7) is 4.04. The van der Waals surface area contributed by atoms with Crippen LogP contribution in [0.4, 0.5) is 5.82 Å². The summed E-state index contributed by atoms with van der Waals surface area (Å²) in [6.07, 6.45) is 5.83. The molecule has 1 aliphatic carbocycles. The van der Waals surface area contributed by atoms with Gasteiger partial charge in [0, 0.05) is 17.0 Å². The number of thiocarbonyl (C=S) groups is 1. The molecule has 0 saturated heterocycles. The Labute approximate surface area is 124 Å².